The monoisotopic (exact) mass is 216 g/mol. The molecule has 0 saturated carbocycles. The van der Waals surface area contributed by atoms with E-state index in [4.69, 9.17) is 18.9 Å². The predicted molar refractivity (Wildman–Crippen MR) is 46.0 cm³/mol. The second kappa shape index (κ2) is 4.16. The van der Waals surface area contributed by atoms with Gasteiger partial charge < -0.3 is 18.9 Å². The number of epoxide rings is 2. The van der Waals surface area contributed by atoms with Gasteiger partial charge in [-0.15, -0.1) is 0 Å². The molecule has 0 aromatic rings. The van der Waals surface area contributed by atoms with E-state index in [0.29, 0.717) is 13.2 Å². The molecule has 0 spiro atoms. The van der Waals surface area contributed by atoms with Gasteiger partial charge >= 0.3 is 11.9 Å². The molecule has 3 unspecified atom stereocenters. The van der Waals surface area contributed by atoms with Crippen LogP contribution in [-0.4, -0.2) is 50.1 Å². The molecule has 2 saturated heterocycles. The van der Waals surface area contributed by atoms with Crippen molar-refractivity contribution in [3.05, 3.63) is 0 Å². The van der Waals surface area contributed by atoms with Crippen molar-refractivity contribution in [1.82, 2.24) is 0 Å². The summed E-state index contributed by atoms with van der Waals surface area (Å²) in [6, 6.07) is 0. The third kappa shape index (κ3) is 3.17. The second-order valence-corrected chi connectivity index (χ2v) is 3.52. The summed E-state index contributed by atoms with van der Waals surface area (Å²) in [4.78, 5) is 22.1. The van der Waals surface area contributed by atoms with Crippen molar-refractivity contribution in [3.63, 3.8) is 0 Å². The van der Waals surface area contributed by atoms with Gasteiger partial charge in [-0.1, -0.05) is 0 Å². The van der Waals surface area contributed by atoms with Crippen molar-refractivity contribution in [1.29, 1.82) is 0 Å². The largest absolute Gasteiger partial charge is 0.460 e. The Hall–Kier alpha value is -1.14. The first-order valence-corrected chi connectivity index (χ1v) is 4.77. The Morgan fingerprint density at radius 1 is 1.27 bits per heavy atom. The molecule has 84 valence electrons. The van der Waals surface area contributed by atoms with Crippen LogP contribution in [0.5, 0.6) is 0 Å². The molecule has 0 radical (unpaired) electrons. The Morgan fingerprint density at radius 3 is 2.33 bits per heavy atom. The SMILES string of the molecule is CC(COC(=O)C1CO1)OC(=O)C1CO1. The van der Waals surface area contributed by atoms with Crippen LogP contribution < -0.4 is 0 Å². The number of hydrogen-bond donors (Lipinski definition) is 0. The van der Waals surface area contributed by atoms with E-state index in [9.17, 15) is 9.59 Å². The minimum Gasteiger partial charge on any atom is -0.460 e. The molecule has 0 aromatic heterocycles. The summed E-state index contributed by atoms with van der Waals surface area (Å²) in [6.07, 6.45) is -1.29. The van der Waals surface area contributed by atoms with Crippen LogP contribution in [-0.2, 0) is 28.5 Å². The summed E-state index contributed by atoms with van der Waals surface area (Å²) in [5.74, 6) is -0.804. The molecular formula is C9H12O6. The van der Waals surface area contributed by atoms with E-state index < -0.39 is 30.3 Å². The number of carbonyl (C=O) groups is 2. The number of ether oxygens (including phenoxy) is 4. The highest BCUT2D eigenvalue weighted by Crippen LogP contribution is 2.13. The average Bonchev–Trinajstić information content (AvgIpc) is 3.06. The van der Waals surface area contributed by atoms with Crippen molar-refractivity contribution in [3.8, 4) is 0 Å². The molecule has 15 heavy (non-hydrogen) atoms. The number of esters is 2. The standard InChI is InChI=1S/C9H12O6/c1-5(15-9(11)7-4-13-7)2-14-8(10)6-3-12-6/h5-7H,2-4H2,1H3. The predicted octanol–water partition coefficient (Wildman–Crippen LogP) is -0.741. The quantitative estimate of drug-likeness (QED) is 0.445. The molecule has 2 aliphatic rings. The number of carbonyl (C=O) groups excluding carboxylic acids is 2. The summed E-state index contributed by atoms with van der Waals surface area (Å²) < 4.78 is 19.3. The lowest BCUT2D eigenvalue weighted by atomic mass is 10.4. The minimum atomic E-state index is -0.454. The molecule has 6 heteroatoms. The lowest BCUT2D eigenvalue weighted by Crippen LogP contribution is -2.25. The molecule has 0 bridgehead atoms. The Bertz CT molecular complexity index is 268. The van der Waals surface area contributed by atoms with Crippen molar-refractivity contribution >= 4 is 11.9 Å². The Kier molecular flexibility index (Phi) is 2.88. The summed E-state index contributed by atoms with van der Waals surface area (Å²) in [7, 11) is 0. The van der Waals surface area contributed by atoms with Crippen molar-refractivity contribution in [2.24, 2.45) is 0 Å². The van der Waals surface area contributed by atoms with E-state index in [-0.39, 0.29) is 6.61 Å². The molecule has 0 N–H and O–H groups in total. The molecule has 0 aromatic carbocycles. The smallest absolute Gasteiger partial charge is 0.338 e. The third-order valence-electron chi connectivity index (χ3n) is 1.97. The molecule has 3 atom stereocenters. The van der Waals surface area contributed by atoms with Gasteiger partial charge in [-0.05, 0) is 6.92 Å². The molecule has 2 aliphatic heterocycles. The fourth-order valence-electron chi connectivity index (χ4n) is 0.969. The van der Waals surface area contributed by atoms with Gasteiger partial charge in [-0.25, -0.2) is 9.59 Å². The zero-order valence-corrected chi connectivity index (χ0v) is 8.30. The van der Waals surface area contributed by atoms with Crippen LogP contribution in [0.25, 0.3) is 0 Å². The summed E-state index contributed by atoms with van der Waals surface area (Å²) >= 11 is 0. The first kappa shape index (κ1) is 10.4. The Labute approximate surface area is 86.4 Å². The Balaban J connectivity index is 1.60. The zero-order valence-electron chi connectivity index (χ0n) is 8.30. The van der Waals surface area contributed by atoms with Crippen LogP contribution in [0, 0.1) is 0 Å². The minimum absolute atomic E-state index is 0.0527. The Morgan fingerprint density at radius 2 is 1.80 bits per heavy atom. The van der Waals surface area contributed by atoms with Gasteiger partial charge in [0.05, 0.1) is 13.2 Å². The third-order valence-corrected chi connectivity index (χ3v) is 1.97. The maximum Gasteiger partial charge on any atom is 0.338 e. The normalized spacial score (nSPS) is 29.1. The van der Waals surface area contributed by atoms with Gasteiger partial charge in [0.15, 0.2) is 12.2 Å². The van der Waals surface area contributed by atoms with Crippen LogP contribution in [0.1, 0.15) is 6.92 Å². The highest BCUT2D eigenvalue weighted by Gasteiger charge is 2.35. The highest BCUT2D eigenvalue weighted by atomic mass is 16.6. The molecule has 6 nitrogen and oxygen atoms in total. The van der Waals surface area contributed by atoms with Gasteiger partial charge in [0.25, 0.3) is 0 Å². The first-order chi connectivity index (χ1) is 7.16. The molecule has 2 heterocycles. The molecule has 0 amide bonds. The molecule has 2 rings (SSSR count). The zero-order chi connectivity index (χ0) is 10.8. The van der Waals surface area contributed by atoms with E-state index in [2.05, 4.69) is 0 Å². The summed E-state index contributed by atoms with van der Waals surface area (Å²) in [5.41, 5.74) is 0. The van der Waals surface area contributed by atoms with E-state index in [1.165, 1.54) is 0 Å². The topological polar surface area (TPSA) is 77.7 Å². The van der Waals surface area contributed by atoms with Gasteiger partial charge in [0.1, 0.15) is 12.7 Å². The van der Waals surface area contributed by atoms with E-state index >= 15 is 0 Å². The average molecular weight is 216 g/mol. The van der Waals surface area contributed by atoms with Crippen LogP contribution in [0.3, 0.4) is 0 Å². The van der Waals surface area contributed by atoms with Gasteiger partial charge in [-0.3, -0.25) is 0 Å². The van der Waals surface area contributed by atoms with E-state index in [0.717, 1.165) is 0 Å². The summed E-state index contributed by atoms with van der Waals surface area (Å²) in [5, 5.41) is 0. The lowest BCUT2D eigenvalue weighted by molar-refractivity contribution is -0.159. The number of hydrogen-bond acceptors (Lipinski definition) is 6. The summed E-state index contributed by atoms with van der Waals surface area (Å²) in [6.45, 7) is 2.54. The lowest BCUT2D eigenvalue weighted by Gasteiger charge is -2.12. The fourth-order valence-corrected chi connectivity index (χ4v) is 0.969. The molecular weight excluding hydrogens is 204 g/mol. The maximum atomic E-state index is 11.1. The fraction of sp³-hybridized carbons (Fsp3) is 0.778. The first-order valence-electron chi connectivity index (χ1n) is 4.77. The van der Waals surface area contributed by atoms with Gasteiger partial charge in [0, 0.05) is 0 Å². The van der Waals surface area contributed by atoms with Gasteiger partial charge in [-0.2, -0.15) is 0 Å². The highest BCUT2D eigenvalue weighted by molar-refractivity contribution is 5.77. The molecule has 0 aliphatic carbocycles. The van der Waals surface area contributed by atoms with Crippen molar-refractivity contribution in [2.75, 3.05) is 19.8 Å². The van der Waals surface area contributed by atoms with Crippen LogP contribution in [0.4, 0.5) is 0 Å². The number of rotatable bonds is 5. The molecule has 2 fully saturated rings. The second-order valence-electron chi connectivity index (χ2n) is 3.52. The van der Waals surface area contributed by atoms with Crippen LogP contribution >= 0.6 is 0 Å². The maximum absolute atomic E-state index is 11.1. The van der Waals surface area contributed by atoms with Crippen molar-refractivity contribution < 1.29 is 28.5 Å². The van der Waals surface area contributed by atoms with Crippen LogP contribution in [0.15, 0.2) is 0 Å². The van der Waals surface area contributed by atoms with E-state index in [1.807, 2.05) is 0 Å². The van der Waals surface area contributed by atoms with Crippen LogP contribution in [0.2, 0.25) is 0 Å². The van der Waals surface area contributed by atoms with Crippen molar-refractivity contribution in [2.45, 2.75) is 25.2 Å². The van der Waals surface area contributed by atoms with E-state index in [1.54, 1.807) is 6.92 Å². The van der Waals surface area contributed by atoms with Gasteiger partial charge in [0.2, 0.25) is 0 Å².